The van der Waals surface area contributed by atoms with Crippen LogP contribution in [-0.2, 0) is 0 Å². The van der Waals surface area contributed by atoms with E-state index in [1.165, 1.54) is 0 Å². The number of hydrogen-bond donors (Lipinski definition) is 0. The largest absolute Gasteiger partial charge is 0.293 e. The maximum absolute atomic E-state index is 12.8. The van der Waals surface area contributed by atoms with Gasteiger partial charge >= 0.3 is 0 Å². The minimum Gasteiger partial charge on any atom is -0.293 e. The summed E-state index contributed by atoms with van der Waals surface area (Å²) in [6.45, 7) is 0. The van der Waals surface area contributed by atoms with E-state index >= 15 is 0 Å². The lowest BCUT2D eigenvalue weighted by atomic mass is 10.1. The van der Waals surface area contributed by atoms with Crippen molar-refractivity contribution in [3.8, 4) is 0 Å². The zero-order valence-corrected chi connectivity index (χ0v) is 8.62. The molecule has 0 fully saturated rings. The predicted octanol–water partition coefficient (Wildman–Crippen LogP) is 3.20. The van der Waals surface area contributed by atoms with Gasteiger partial charge in [0.1, 0.15) is 11.6 Å². The fraction of sp³-hybridized carbons (Fsp3) is 0.125. The molecule has 0 heterocycles. The fourth-order valence-corrected chi connectivity index (χ4v) is 1.35. The number of rotatable bonds is 2. The zero-order valence-electron chi connectivity index (χ0n) is 6.28. The van der Waals surface area contributed by atoms with Gasteiger partial charge in [-0.15, -0.1) is 0 Å². The summed E-state index contributed by atoms with van der Waals surface area (Å²) in [5.41, 5.74) is -0.143. The van der Waals surface area contributed by atoms with Gasteiger partial charge < -0.3 is 0 Å². The van der Waals surface area contributed by atoms with Gasteiger partial charge in [-0.1, -0.05) is 27.5 Å². The lowest BCUT2D eigenvalue weighted by Gasteiger charge is -2.01. The summed E-state index contributed by atoms with van der Waals surface area (Å²) in [5, 5.41) is -0.360. The van der Waals surface area contributed by atoms with Crippen LogP contribution in [0.4, 0.5) is 8.78 Å². The Morgan fingerprint density at radius 3 is 2.62 bits per heavy atom. The van der Waals surface area contributed by atoms with Crippen LogP contribution >= 0.6 is 27.5 Å². The van der Waals surface area contributed by atoms with Gasteiger partial charge in [0.25, 0.3) is 0 Å². The second kappa shape index (κ2) is 4.15. The standard InChI is InChI=1S/C8H4BrClF2O/c9-3-7(13)5-1-4(11)2-6(12)8(5)10/h1-2H,3H2. The van der Waals surface area contributed by atoms with Gasteiger partial charge in [0.15, 0.2) is 5.78 Å². The lowest BCUT2D eigenvalue weighted by Crippen LogP contribution is -2.03. The van der Waals surface area contributed by atoms with Gasteiger partial charge in [-0.3, -0.25) is 4.79 Å². The van der Waals surface area contributed by atoms with Crippen molar-refractivity contribution < 1.29 is 13.6 Å². The third-order valence-corrected chi connectivity index (χ3v) is 2.31. The van der Waals surface area contributed by atoms with Crippen molar-refractivity contribution in [2.24, 2.45) is 0 Å². The summed E-state index contributed by atoms with van der Waals surface area (Å²) in [7, 11) is 0. The first-order valence-corrected chi connectivity index (χ1v) is 4.80. The highest BCUT2D eigenvalue weighted by atomic mass is 79.9. The van der Waals surface area contributed by atoms with Crippen LogP contribution < -0.4 is 0 Å². The SMILES string of the molecule is O=C(CBr)c1cc(F)cc(F)c1Cl. The van der Waals surface area contributed by atoms with Crippen molar-refractivity contribution >= 4 is 33.3 Å². The maximum atomic E-state index is 12.8. The highest BCUT2D eigenvalue weighted by molar-refractivity contribution is 9.09. The Balaban J connectivity index is 3.28. The molecular weight excluding hydrogens is 265 g/mol. The van der Waals surface area contributed by atoms with Gasteiger partial charge in [-0.25, -0.2) is 8.78 Å². The van der Waals surface area contributed by atoms with Gasteiger partial charge in [-0.2, -0.15) is 0 Å². The van der Waals surface area contributed by atoms with Crippen molar-refractivity contribution in [1.29, 1.82) is 0 Å². The molecule has 0 aliphatic rings. The maximum Gasteiger partial charge on any atom is 0.175 e. The van der Waals surface area contributed by atoms with Gasteiger partial charge in [0.05, 0.1) is 10.4 Å². The molecule has 0 aromatic heterocycles. The van der Waals surface area contributed by atoms with E-state index in [4.69, 9.17) is 11.6 Å². The molecule has 0 radical (unpaired) electrons. The molecule has 0 aliphatic carbocycles. The third-order valence-electron chi connectivity index (χ3n) is 1.41. The Bertz CT molecular complexity index is 354. The highest BCUT2D eigenvalue weighted by Crippen LogP contribution is 2.22. The number of ketones is 1. The molecule has 0 atom stereocenters. The molecule has 1 rings (SSSR count). The molecule has 5 heteroatoms. The smallest absolute Gasteiger partial charge is 0.175 e. The fourth-order valence-electron chi connectivity index (χ4n) is 0.831. The van der Waals surface area contributed by atoms with Gasteiger partial charge in [0, 0.05) is 11.6 Å². The number of carbonyl (C=O) groups is 1. The molecule has 1 nitrogen and oxygen atoms in total. The lowest BCUT2D eigenvalue weighted by molar-refractivity contribution is 0.102. The normalized spacial score (nSPS) is 10.2. The second-order valence-corrected chi connectivity index (χ2v) is 3.24. The number of alkyl halides is 1. The van der Waals surface area contributed by atoms with E-state index in [2.05, 4.69) is 15.9 Å². The highest BCUT2D eigenvalue weighted by Gasteiger charge is 2.14. The van der Waals surface area contributed by atoms with Crippen LogP contribution in [0, 0.1) is 11.6 Å². The minimum atomic E-state index is -0.925. The molecule has 0 unspecified atom stereocenters. The monoisotopic (exact) mass is 268 g/mol. The number of hydrogen-bond acceptors (Lipinski definition) is 1. The summed E-state index contributed by atoms with van der Waals surface area (Å²) in [5.74, 6) is -2.19. The van der Waals surface area contributed by atoms with E-state index in [1.807, 2.05) is 0 Å². The van der Waals surface area contributed by atoms with Crippen LogP contribution in [0.2, 0.25) is 5.02 Å². The molecule has 0 saturated heterocycles. The van der Waals surface area contributed by atoms with Crippen LogP contribution in [0.3, 0.4) is 0 Å². The van der Waals surface area contributed by atoms with E-state index in [1.54, 1.807) is 0 Å². The molecule has 13 heavy (non-hydrogen) atoms. The summed E-state index contributed by atoms with van der Waals surface area (Å²) in [6, 6.07) is 1.54. The molecule has 0 aliphatic heterocycles. The quantitative estimate of drug-likeness (QED) is 0.458. The molecule has 1 aromatic carbocycles. The summed E-state index contributed by atoms with van der Waals surface area (Å²) in [6.07, 6.45) is 0. The topological polar surface area (TPSA) is 17.1 Å². The molecule has 0 bridgehead atoms. The third kappa shape index (κ3) is 2.25. The van der Waals surface area contributed by atoms with Crippen molar-refractivity contribution in [1.82, 2.24) is 0 Å². The van der Waals surface area contributed by atoms with E-state index in [0.29, 0.717) is 6.07 Å². The number of halogens is 4. The van der Waals surface area contributed by atoms with Crippen molar-refractivity contribution in [2.45, 2.75) is 0 Å². The average molecular weight is 269 g/mol. The second-order valence-electron chi connectivity index (χ2n) is 2.31. The first-order valence-electron chi connectivity index (χ1n) is 3.30. The number of Topliss-reactive ketones (excluding diaryl/α,β-unsaturated/α-hetero) is 1. The Morgan fingerprint density at radius 1 is 1.46 bits per heavy atom. The van der Waals surface area contributed by atoms with Crippen LogP contribution in [0.25, 0.3) is 0 Å². The molecule has 0 N–H and O–H groups in total. The zero-order chi connectivity index (χ0) is 10.0. The van der Waals surface area contributed by atoms with Crippen LogP contribution in [-0.4, -0.2) is 11.1 Å². The molecule has 1 aromatic rings. The van der Waals surface area contributed by atoms with Crippen molar-refractivity contribution in [3.05, 3.63) is 34.4 Å². The Kier molecular flexibility index (Phi) is 3.39. The molecule has 70 valence electrons. The van der Waals surface area contributed by atoms with Crippen LogP contribution in [0.5, 0.6) is 0 Å². The van der Waals surface area contributed by atoms with Crippen LogP contribution in [0.1, 0.15) is 10.4 Å². The Labute approximate surface area is 86.8 Å². The summed E-state index contributed by atoms with van der Waals surface area (Å²) in [4.78, 5) is 11.1. The van der Waals surface area contributed by atoms with Crippen molar-refractivity contribution in [3.63, 3.8) is 0 Å². The van der Waals surface area contributed by atoms with Crippen molar-refractivity contribution in [2.75, 3.05) is 5.33 Å². The van der Waals surface area contributed by atoms with Gasteiger partial charge in [0.2, 0.25) is 0 Å². The predicted molar refractivity (Wildman–Crippen MR) is 49.5 cm³/mol. The number of benzene rings is 1. The van der Waals surface area contributed by atoms with E-state index in [-0.39, 0.29) is 15.9 Å². The molecular formula is C8H4BrClF2O. The van der Waals surface area contributed by atoms with Gasteiger partial charge in [-0.05, 0) is 6.07 Å². The van der Waals surface area contributed by atoms with Crippen LogP contribution in [0.15, 0.2) is 12.1 Å². The first-order chi connectivity index (χ1) is 6.06. The first kappa shape index (κ1) is 10.6. The minimum absolute atomic E-state index is 0.0182. The molecule has 0 amide bonds. The molecule has 0 spiro atoms. The summed E-state index contributed by atoms with van der Waals surface area (Å²) >= 11 is 8.34. The Morgan fingerprint density at radius 2 is 2.08 bits per heavy atom. The van der Waals surface area contributed by atoms with E-state index in [9.17, 15) is 13.6 Å². The number of carbonyl (C=O) groups excluding carboxylic acids is 1. The van der Waals surface area contributed by atoms with E-state index < -0.39 is 17.4 Å². The van der Waals surface area contributed by atoms with E-state index in [0.717, 1.165) is 6.07 Å². The Hall–Kier alpha value is -0.480. The molecule has 0 saturated carbocycles. The summed E-state index contributed by atoms with van der Waals surface area (Å²) < 4.78 is 25.4. The average Bonchev–Trinajstić information content (AvgIpc) is 2.10.